The van der Waals surface area contributed by atoms with Crippen LogP contribution in [0.1, 0.15) is 23.6 Å². The van der Waals surface area contributed by atoms with Gasteiger partial charge >= 0.3 is 6.03 Å². The van der Waals surface area contributed by atoms with E-state index in [1.54, 1.807) is 48.5 Å². The minimum atomic E-state index is -4.69. The third kappa shape index (κ3) is 5.72. The SMILES string of the molecule is CCOc1ccccc1C1(NC(=O)N2CCN(c3ccncc3)CC2)C(=O)N(S(=O)(=O)c2ccc(OC)cc2OC)c2ccc(C#N)cc21. The van der Waals surface area contributed by atoms with Gasteiger partial charge in [0.05, 0.1) is 38.1 Å². The average molecular weight is 683 g/mol. The predicted octanol–water partition coefficient (Wildman–Crippen LogP) is 3.88. The summed E-state index contributed by atoms with van der Waals surface area (Å²) < 4.78 is 46.5. The first-order valence-corrected chi connectivity index (χ1v) is 16.9. The summed E-state index contributed by atoms with van der Waals surface area (Å²) in [6.07, 6.45) is 3.40. The minimum Gasteiger partial charge on any atom is -0.497 e. The molecule has 4 aromatic rings. The number of nitrogens with zero attached hydrogens (tertiary/aromatic N) is 5. The summed E-state index contributed by atoms with van der Waals surface area (Å²) in [4.78, 5) is 36.9. The number of benzene rings is 3. The van der Waals surface area contributed by atoms with Gasteiger partial charge in [-0.2, -0.15) is 9.57 Å². The van der Waals surface area contributed by atoms with E-state index in [-0.39, 0.29) is 45.4 Å². The van der Waals surface area contributed by atoms with Gasteiger partial charge < -0.3 is 29.3 Å². The Bertz CT molecular complexity index is 2050. The fourth-order valence-electron chi connectivity index (χ4n) is 6.25. The van der Waals surface area contributed by atoms with E-state index in [9.17, 15) is 18.5 Å². The van der Waals surface area contributed by atoms with E-state index in [2.05, 4.69) is 21.3 Å². The molecule has 1 unspecified atom stereocenters. The highest BCUT2D eigenvalue weighted by atomic mass is 32.2. The zero-order chi connectivity index (χ0) is 34.8. The van der Waals surface area contributed by atoms with Crippen LogP contribution in [0.15, 0.2) is 90.1 Å². The number of nitrogens with one attached hydrogen (secondary N) is 1. The van der Waals surface area contributed by atoms with Gasteiger partial charge in [0.1, 0.15) is 22.1 Å². The number of aromatic nitrogens is 1. The molecule has 0 radical (unpaired) electrons. The lowest BCUT2D eigenvalue weighted by atomic mass is 9.82. The molecule has 1 saturated heterocycles. The second-order valence-electron chi connectivity index (χ2n) is 11.2. The zero-order valence-electron chi connectivity index (χ0n) is 27.1. The smallest absolute Gasteiger partial charge is 0.318 e. The van der Waals surface area contributed by atoms with E-state index in [1.165, 1.54) is 50.6 Å². The molecule has 14 heteroatoms. The minimum absolute atomic E-state index is 0.0315. The summed E-state index contributed by atoms with van der Waals surface area (Å²) in [5.74, 6) is -0.424. The number of carbonyl (C=O) groups is 2. The van der Waals surface area contributed by atoms with Gasteiger partial charge in [-0.05, 0) is 55.5 Å². The van der Waals surface area contributed by atoms with Gasteiger partial charge in [-0.1, -0.05) is 18.2 Å². The van der Waals surface area contributed by atoms with Crippen molar-refractivity contribution in [3.63, 3.8) is 0 Å². The van der Waals surface area contributed by atoms with Crippen LogP contribution in [0.25, 0.3) is 0 Å². The third-order valence-corrected chi connectivity index (χ3v) is 10.4. The van der Waals surface area contributed by atoms with Crippen molar-refractivity contribution >= 4 is 33.3 Å². The van der Waals surface area contributed by atoms with E-state index in [4.69, 9.17) is 14.2 Å². The van der Waals surface area contributed by atoms with Crippen LogP contribution in [-0.2, 0) is 20.4 Å². The van der Waals surface area contributed by atoms with Crippen LogP contribution in [0.3, 0.4) is 0 Å². The van der Waals surface area contributed by atoms with Crippen LogP contribution < -0.4 is 28.7 Å². The van der Waals surface area contributed by atoms with Crippen LogP contribution in [0.5, 0.6) is 17.2 Å². The van der Waals surface area contributed by atoms with E-state index in [0.717, 1.165) is 5.69 Å². The van der Waals surface area contributed by atoms with Crippen molar-refractivity contribution in [1.29, 1.82) is 5.26 Å². The predicted molar refractivity (Wildman–Crippen MR) is 180 cm³/mol. The molecule has 2 aliphatic rings. The number of urea groups is 1. The second-order valence-corrected chi connectivity index (χ2v) is 13.0. The average Bonchev–Trinajstić information content (AvgIpc) is 3.39. The maximum absolute atomic E-state index is 15.1. The van der Waals surface area contributed by atoms with Gasteiger partial charge in [-0.3, -0.25) is 9.78 Å². The molecule has 49 heavy (non-hydrogen) atoms. The largest absolute Gasteiger partial charge is 0.497 e. The normalized spacial score (nSPS) is 17.3. The number of sulfonamides is 1. The van der Waals surface area contributed by atoms with Crippen LogP contribution in [-0.4, -0.2) is 77.2 Å². The second kappa shape index (κ2) is 13.4. The Morgan fingerprint density at radius 1 is 0.939 bits per heavy atom. The molecule has 3 amide bonds. The van der Waals surface area contributed by atoms with Crippen LogP contribution in [0.2, 0.25) is 0 Å². The van der Waals surface area contributed by atoms with Crippen molar-refractivity contribution in [1.82, 2.24) is 15.2 Å². The topological polar surface area (TPSA) is 154 Å². The monoisotopic (exact) mass is 682 g/mol. The molecule has 1 fully saturated rings. The highest BCUT2D eigenvalue weighted by Gasteiger charge is 2.59. The standard InChI is InChI=1S/C35H34N6O7S/c1-4-48-30-8-6-5-7-27(30)35(38-34(43)40-19-17-39(18-20-40)25-13-15-37-16-14-25)28-21-24(23-36)9-11-29(28)41(33(35)42)49(44,45)32-12-10-26(46-2)22-31(32)47-3/h5-16,21-22H,4,17-20H2,1-3H3,(H,38,43). The summed E-state index contributed by atoms with van der Waals surface area (Å²) in [5, 5.41) is 12.9. The van der Waals surface area contributed by atoms with Gasteiger partial charge in [0.2, 0.25) is 0 Å². The summed E-state index contributed by atoms with van der Waals surface area (Å²) >= 11 is 0. The Kier molecular flexibility index (Phi) is 9.03. The fraction of sp³-hybridized carbons (Fsp3) is 0.257. The first kappa shape index (κ1) is 33.1. The number of hydrogen-bond donors (Lipinski definition) is 1. The number of pyridine rings is 1. The lowest BCUT2D eigenvalue weighted by Crippen LogP contribution is -2.60. The van der Waals surface area contributed by atoms with Crippen molar-refractivity contribution in [2.45, 2.75) is 17.4 Å². The molecule has 3 aromatic carbocycles. The number of amides is 3. The molecular formula is C35H34N6O7S. The molecule has 1 N–H and O–H groups in total. The molecule has 3 heterocycles. The van der Waals surface area contributed by atoms with E-state index in [0.29, 0.717) is 36.2 Å². The number of anilines is 2. The molecule has 0 spiro atoms. The lowest BCUT2D eigenvalue weighted by molar-refractivity contribution is -0.121. The quantitative estimate of drug-likeness (QED) is 0.275. The lowest BCUT2D eigenvalue weighted by Gasteiger charge is -2.38. The highest BCUT2D eigenvalue weighted by molar-refractivity contribution is 7.93. The molecule has 2 aliphatic heterocycles. The Hall–Kier alpha value is -5.81. The molecule has 6 rings (SSSR count). The Balaban J connectivity index is 1.49. The van der Waals surface area contributed by atoms with Gasteiger partial charge in [0, 0.05) is 61.5 Å². The number of fused-ring (bicyclic) bond motifs is 1. The van der Waals surface area contributed by atoms with Crippen molar-refractivity contribution in [2.75, 3.05) is 56.2 Å². The molecular weight excluding hydrogens is 648 g/mol. The number of para-hydroxylation sites is 1. The molecule has 0 saturated carbocycles. The van der Waals surface area contributed by atoms with Crippen LogP contribution in [0, 0.1) is 11.3 Å². The molecule has 0 bridgehead atoms. The molecule has 13 nitrogen and oxygen atoms in total. The zero-order valence-corrected chi connectivity index (χ0v) is 27.9. The number of methoxy groups -OCH3 is 2. The summed E-state index contributed by atoms with van der Waals surface area (Å²) in [5.41, 5.74) is -0.705. The summed E-state index contributed by atoms with van der Waals surface area (Å²) in [6.45, 7) is 3.67. The molecule has 0 aliphatic carbocycles. The maximum Gasteiger partial charge on any atom is 0.318 e. The van der Waals surface area contributed by atoms with E-state index >= 15 is 4.79 Å². The number of carbonyl (C=O) groups excluding carboxylic acids is 2. The van der Waals surface area contributed by atoms with Gasteiger partial charge in [0.15, 0.2) is 5.54 Å². The van der Waals surface area contributed by atoms with E-state index in [1.807, 2.05) is 12.1 Å². The van der Waals surface area contributed by atoms with Crippen molar-refractivity contribution in [3.8, 4) is 23.3 Å². The number of hydrogen-bond acceptors (Lipinski definition) is 10. The number of nitriles is 1. The number of piperazine rings is 1. The summed E-state index contributed by atoms with van der Waals surface area (Å²) in [7, 11) is -1.95. The van der Waals surface area contributed by atoms with Gasteiger partial charge in [0.25, 0.3) is 15.9 Å². The molecule has 1 aromatic heterocycles. The van der Waals surface area contributed by atoms with Crippen molar-refractivity contribution in [2.24, 2.45) is 0 Å². The maximum atomic E-state index is 15.1. The van der Waals surface area contributed by atoms with Crippen molar-refractivity contribution in [3.05, 3.63) is 102 Å². The van der Waals surface area contributed by atoms with Crippen LogP contribution in [0.4, 0.5) is 16.2 Å². The highest BCUT2D eigenvalue weighted by Crippen LogP contribution is 2.50. The Morgan fingerprint density at radius 2 is 1.67 bits per heavy atom. The first-order chi connectivity index (χ1) is 23.7. The molecule has 252 valence electrons. The van der Waals surface area contributed by atoms with Gasteiger partial charge in [-0.25, -0.2) is 13.2 Å². The van der Waals surface area contributed by atoms with Crippen molar-refractivity contribution < 1.29 is 32.2 Å². The number of ether oxygens (including phenoxy) is 3. The van der Waals surface area contributed by atoms with E-state index < -0.39 is 27.5 Å². The summed E-state index contributed by atoms with van der Waals surface area (Å²) in [6, 6.07) is 20.3. The van der Waals surface area contributed by atoms with Gasteiger partial charge in [-0.15, -0.1) is 0 Å². The molecule has 1 atom stereocenters. The Morgan fingerprint density at radius 3 is 2.35 bits per heavy atom. The van der Waals surface area contributed by atoms with Crippen LogP contribution >= 0.6 is 0 Å². The fourth-order valence-corrected chi connectivity index (χ4v) is 7.86. The number of rotatable bonds is 9. The third-order valence-electron chi connectivity index (χ3n) is 8.62. The Labute approximate surface area is 284 Å². The first-order valence-electron chi connectivity index (χ1n) is 15.5.